The van der Waals surface area contributed by atoms with Crippen LogP contribution in [0.2, 0.25) is 5.15 Å². The Bertz CT molecular complexity index is 2810. The first kappa shape index (κ1) is 39.5. The Kier molecular flexibility index (Phi) is 9.87. The fourth-order valence-electron chi connectivity index (χ4n) is 8.31. The predicted octanol–water partition coefficient (Wildman–Crippen LogP) is 2.11. The van der Waals surface area contributed by atoms with E-state index in [1.54, 1.807) is 67.0 Å². The van der Waals surface area contributed by atoms with Crippen LogP contribution >= 0.6 is 11.6 Å². The number of likely N-dealkylation sites (tertiary alicyclic amines) is 1. The number of carbonyl (C=O) groups excluding carboxylic acids is 2. The first-order valence-corrected chi connectivity index (χ1v) is 19.7. The Hall–Kier alpha value is -6.97. The number of nitrogens with one attached hydrogen (secondary N) is 3. The molecule has 318 valence electrons. The number of ether oxygens (including phenoxy) is 2. The number of hydrogen-bond acceptors (Lipinski definition) is 14. The molecule has 2 aliphatic heterocycles. The molecule has 9 rings (SSSR count). The van der Waals surface area contributed by atoms with Crippen LogP contribution in [0.5, 0.6) is 11.8 Å². The summed E-state index contributed by atoms with van der Waals surface area (Å²) in [4.78, 5) is 56.5. The van der Waals surface area contributed by atoms with Crippen molar-refractivity contribution in [2.75, 3.05) is 55.9 Å². The summed E-state index contributed by atoms with van der Waals surface area (Å²) in [5.74, 6) is 1.16. The molecular weight excluding hydrogens is 815 g/mol. The number of imidazole rings is 2. The van der Waals surface area contributed by atoms with Gasteiger partial charge in [0.25, 0.3) is 11.8 Å². The lowest BCUT2D eigenvalue weighted by atomic mass is 10.2. The number of carbonyl (C=O) groups is 2. The van der Waals surface area contributed by atoms with Crippen LogP contribution in [0.3, 0.4) is 0 Å². The van der Waals surface area contributed by atoms with Crippen LogP contribution in [0, 0.1) is 24.7 Å². The molecule has 0 bridgehead atoms. The molecule has 61 heavy (non-hydrogen) atoms. The molecule has 1 saturated carbocycles. The maximum atomic E-state index is 15.1. The summed E-state index contributed by atoms with van der Waals surface area (Å²) in [6.45, 7) is 6.86. The molecule has 3 fully saturated rings. The van der Waals surface area contributed by atoms with Crippen LogP contribution < -0.4 is 36.0 Å². The van der Waals surface area contributed by atoms with Crippen LogP contribution in [0.4, 0.5) is 33.2 Å². The lowest BCUT2D eigenvalue weighted by Gasteiger charge is -2.19. The van der Waals surface area contributed by atoms with E-state index in [-0.39, 0.29) is 53.5 Å². The quantitative estimate of drug-likeness (QED) is 0.142. The number of alkyl halides is 1. The summed E-state index contributed by atoms with van der Waals surface area (Å²) in [6, 6.07) is -0.785. The third-order valence-electron chi connectivity index (χ3n) is 11.4. The van der Waals surface area contributed by atoms with Gasteiger partial charge in [-0.25, -0.2) is 28.1 Å². The largest absolute Gasteiger partial charge is 0.478 e. The number of amides is 2. The van der Waals surface area contributed by atoms with Crippen molar-refractivity contribution < 1.29 is 23.5 Å². The Morgan fingerprint density at radius 2 is 1.64 bits per heavy atom. The van der Waals surface area contributed by atoms with E-state index in [1.165, 1.54) is 30.9 Å². The van der Waals surface area contributed by atoms with Crippen molar-refractivity contribution in [2.24, 2.45) is 31.8 Å². The summed E-state index contributed by atoms with van der Waals surface area (Å²) < 4.78 is 33.7. The maximum absolute atomic E-state index is 15.1. The average Bonchev–Trinajstić information content (AvgIpc) is 3.96. The van der Waals surface area contributed by atoms with Gasteiger partial charge in [0.2, 0.25) is 17.8 Å². The molecule has 6 aromatic heterocycles. The smallest absolute Gasteiger partial charge is 0.335 e. The first-order valence-electron chi connectivity index (χ1n) is 19.4. The zero-order valence-corrected chi connectivity index (χ0v) is 34.5. The SMILES string of the molecule is C=CC(=O)NC1CN(c2nc(Nc3cn(C)nc3OC)c3nc(/C=C/C(=O)N4CC5C(C4)C5Cn4cc(Nc5cn(C)nc5OC)c5ncc(Cl)n5c4=O)c(C)n3n2)CC1F. The number of halogens is 2. The Labute approximate surface area is 351 Å². The summed E-state index contributed by atoms with van der Waals surface area (Å²) in [5.41, 5.74) is 3.16. The minimum Gasteiger partial charge on any atom is -0.478 e. The van der Waals surface area contributed by atoms with E-state index in [4.69, 9.17) is 36.1 Å². The van der Waals surface area contributed by atoms with Gasteiger partial charge in [-0.2, -0.15) is 4.98 Å². The molecule has 3 aliphatic rings. The van der Waals surface area contributed by atoms with Crippen LogP contribution in [0.25, 0.3) is 17.4 Å². The van der Waals surface area contributed by atoms with Gasteiger partial charge in [0, 0.05) is 52.5 Å². The van der Waals surface area contributed by atoms with E-state index in [0.717, 1.165) is 6.08 Å². The van der Waals surface area contributed by atoms with E-state index in [0.29, 0.717) is 77.0 Å². The standard InChI is InChI=1S/C38H42ClFN16O5/c1-7-30(57)43-25-17-53(14-23(25)40)37-46-32(44-28-16-51(4)48-36(28)61-6)34-45-24(19(2)56(34)49-37)8-9-31(58)52-11-20-21(12-52)22(20)13-54-18-26(33-41-10-29(39)55(33)38(54)59)42-27-15-50(3)47-35(27)60-5/h7-10,15-16,18,20-23,25,42H,1,11-14,17H2,2-6H3,(H,43,57)(H,44,46,49)/b9-8+. The fourth-order valence-corrected chi connectivity index (χ4v) is 8.51. The van der Waals surface area contributed by atoms with Crippen LogP contribution in [-0.4, -0.2) is 122 Å². The number of hydrogen-bond donors (Lipinski definition) is 3. The molecule has 21 nitrogen and oxygen atoms in total. The topological polar surface area (TPSA) is 213 Å². The molecule has 2 saturated heterocycles. The zero-order valence-electron chi connectivity index (χ0n) is 33.8. The van der Waals surface area contributed by atoms with E-state index in [1.807, 2.05) is 6.92 Å². The fraction of sp³-hybridized carbons (Fsp3) is 0.395. The second-order valence-electron chi connectivity index (χ2n) is 15.3. The number of rotatable bonds is 13. The van der Waals surface area contributed by atoms with Crippen molar-refractivity contribution in [1.82, 2.24) is 63.3 Å². The van der Waals surface area contributed by atoms with Crippen molar-refractivity contribution in [1.29, 1.82) is 0 Å². The molecule has 4 unspecified atom stereocenters. The van der Waals surface area contributed by atoms with Gasteiger partial charge in [0.15, 0.2) is 17.1 Å². The summed E-state index contributed by atoms with van der Waals surface area (Å²) >= 11 is 6.43. The second-order valence-corrected chi connectivity index (χ2v) is 15.7. The van der Waals surface area contributed by atoms with Gasteiger partial charge in [-0.3, -0.25) is 23.5 Å². The van der Waals surface area contributed by atoms with Crippen molar-refractivity contribution in [2.45, 2.75) is 25.7 Å². The average molecular weight is 857 g/mol. The highest BCUT2D eigenvalue weighted by molar-refractivity contribution is 6.29. The van der Waals surface area contributed by atoms with Gasteiger partial charge in [0.05, 0.1) is 62.5 Å². The molecular formula is C38H42ClFN16O5. The van der Waals surface area contributed by atoms with E-state index in [2.05, 4.69) is 37.7 Å². The highest BCUT2D eigenvalue weighted by Crippen LogP contribution is 2.52. The molecule has 1 aliphatic carbocycles. The first-order chi connectivity index (χ1) is 29.3. The van der Waals surface area contributed by atoms with E-state index in [9.17, 15) is 14.4 Å². The lowest BCUT2D eigenvalue weighted by molar-refractivity contribution is -0.125. The van der Waals surface area contributed by atoms with Crippen LogP contribution in [0.15, 0.2) is 48.3 Å². The normalized spacial score (nSPS) is 20.8. The van der Waals surface area contributed by atoms with E-state index < -0.39 is 18.1 Å². The highest BCUT2D eigenvalue weighted by Gasteiger charge is 2.56. The summed E-state index contributed by atoms with van der Waals surface area (Å²) in [7, 11) is 6.55. The molecule has 2 amide bonds. The third kappa shape index (κ3) is 7.14. The number of nitrogens with zero attached hydrogens (tertiary/aromatic N) is 13. The highest BCUT2D eigenvalue weighted by atomic mass is 35.5. The molecule has 0 aromatic carbocycles. The van der Waals surface area contributed by atoms with E-state index >= 15 is 4.39 Å². The van der Waals surface area contributed by atoms with Crippen LogP contribution in [0.1, 0.15) is 11.4 Å². The second kappa shape index (κ2) is 15.2. The molecule has 8 heterocycles. The molecule has 23 heteroatoms. The lowest BCUT2D eigenvalue weighted by Crippen LogP contribution is -2.40. The number of anilines is 5. The molecule has 0 spiro atoms. The predicted molar refractivity (Wildman–Crippen MR) is 221 cm³/mol. The van der Waals surface area contributed by atoms with Crippen molar-refractivity contribution in [3.05, 3.63) is 70.5 Å². The minimum absolute atomic E-state index is 0.0536. The molecule has 4 atom stereocenters. The van der Waals surface area contributed by atoms with Crippen molar-refractivity contribution >= 4 is 69.6 Å². The molecule has 6 aromatic rings. The van der Waals surface area contributed by atoms with Gasteiger partial charge >= 0.3 is 5.69 Å². The molecule has 3 N–H and O–H groups in total. The Morgan fingerprint density at radius 1 is 0.951 bits per heavy atom. The van der Waals surface area contributed by atoms with Crippen LogP contribution in [-0.2, 0) is 30.2 Å². The van der Waals surface area contributed by atoms with Gasteiger partial charge < -0.3 is 35.2 Å². The number of methoxy groups -OCH3 is 2. The van der Waals surface area contributed by atoms with Gasteiger partial charge in [-0.15, -0.1) is 15.3 Å². The molecule has 0 radical (unpaired) electrons. The van der Waals surface area contributed by atoms with Gasteiger partial charge in [0.1, 0.15) is 22.7 Å². The van der Waals surface area contributed by atoms with Gasteiger partial charge in [-0.1, -0.05) is 18.2 Å². The number of fused-ring (bicyclic) bond motifs is 3. The third-order valence-corrected chi connectivity index (χ3v) is 11.7. The van der Waals surface area contributed by atoms with Crippen molar-refractivity contribution in [3.8, 4) is 11.8 Å². The Balaban J connectivity index is 0.920. The van der Waals surface area contributed by atoms with Crippen molar-refractivity contribution in [3.63, 3.8) is 0 Å². The summed E-state index contributed by atoms with van der Waals surface area (Å²) in [5, 5.41) is 22.7. The van der Waals surface area contributed by atoms with Gasteiger partial charge in [-0.05, 0) is 36.8 Å². The monoisotopic (exact) mass is 856 g/mol. The maximum Gasteiger partial charge on any atom is 0.335 e. The Morgan fingerprint density at radius 3 is 2.31 bits per heavy atom. The zero-order chi connectivity index (χ0) is 42.9. The number of aryl methyl sites for hydroxylation is 3. The summed E-state index contributed by atoms with van der Waals surface area (Å²) in [6.07, 6.45) is 9.51. The minimum atomic E-state index is -1.37. The number of aromatic nitrogens is 11. The number of piperidine rings is 1.